The lowest BCUT2D eigenvalue weighted by molar-refractivity contribution is -0.123. The zero-order chi connectivity index (χ0) is 12.3. The third-order valence-electron chi connectivity index (χ3n) is 2.48. The van der Waals surface area contributed by atoms with E-state index in [4.69, 9.17) is 9.84 Å². The zero-order valence-electron chi connectivity index (χ0n) is 9.28. The molecule has 0 unspecified atom stereocenters. The molecule has 1 aromatic carbocycles. The highest BCUT2D eigenvalue weighted by atomic mass is 19.1. The van der Waals surface area contributed by atoms with Crippen molar-refractivity contribution in [2.45, 2.75) is 25.5 Å². The summed E-state index contributed by atoms with van der Waals surface area (Å²) in [6.07, 6.45) is 2.01. The van der Waals surface area contributed by atoms with Crippen LogP contribution in [0.3, 0.4) is 0 Å². The summed E-state index contributed by atoms with van der Waals surface area (Å²) >= 11 is 0. The maximum absolute atomic E-state index is 13.4. The number of hydrogen-bond donors (Lipinski definition) is 2. The Morgan fingerprint density at radius 2 is 2.29 bits per heavy atom. The summed E-state index contributed by atoms with van der Waals surface area (Å²) in [5, 5.41) is 11.5. The number of rotatable bonds is 5. The highest BCUT2D eigenvalue weighted by Crippen LogP contribution is 2.20. The normalized spacial score (nSPS) is 14.5. The van der Waals surface area contributed by atoms with Gasteiger partial charge in [-0.1, -0.05) is 6.07 Å². The van der Waals surface area contributed by atoms with Gasteiger partial charge in [-0.25, -0.2) is 4.39 Å². The van der Waals surface area contributed by atoms with E-state index in [9.17, 15) is 9.18 Å². The molecule has 4 nitrogen and oxygen atoms in total. The lowest BCUT2D eigenvalue weighted by atomic mass is 10.2. The second-order valence-electron chi connectivity index (χ2n) is 4.05. The number of amides is 1. The van der Waals surface area contributed by atoms with Crippen LogP contribution in [0.1, 0.15) is 18.4 Å². The van der Waals surface area contributed by atoms with Crippen LogP contribution in [0.25, 0.3) is 0 Å². The van der Waals surface area contributed by atoms with Gasteiger partial charge in [0.25, 0.3) is 5.91 Å². The van der Waals surface area contributed by atoms with Gasteiger partial charge in [-0.3, -0.25) is 4.79 Å². The van der Waals surface area contributed by atoms with E-state index < -0.39 is 5.82 Å². The lowest BCUT2D eigenvalue weighted by Gasteiger charge is -2.08. The number of nitrogens with one attached hydrogen (secondary N) is 1. The van der Waals surface area contributed by atoms with Crippen LogP contribution in [0.2, 0.25) is 0 Å². The quantitative estimate of drug-likeness (QED) is 0.805. The van der Waals surface area contributed by atoms with Crippen molar-refractivity contribution >= 4 is 5.91 Å². The van der Waals surface area contributed by atoms with E-state index in [2.05, 4.69) is 5.32 Å². The summed E-state index contributed by atoms with van der Waals surface area (Å²) in [7, 11) is 0. The van der Waals surface area contributed by atoms with Gasteiger partial charge in [-0.05, 0) is 30.5 Å². The van der Waals surface area contributed by atoms with Gasteiger partial charge in [0.2, 0.25) is 0 Å². The molecule has 0 radical (unpaired) electrons. The van der Waals surface area contributed by atoms with E-state index in [-0.39, 0.29) is 30.9 Å². The van der Waals surface area contributed by atoms with E-state index in [1.807, 2.05) is 0 Å². The Morgan fingerprint density at radius 1 is 1.53 bits per heavy atom. The Kier molecular flexibility index (Phi) is 3.58. The molecule has 1 amide bonds. The fourth-order valence-electron chi connectivity index (χ4n) is 1.40. The van der Waals surface area contributed by atoms with Gasteiger partial charge in [0, 0.05) is 6.04 Å². The second kappa shape index (κ2) is 5.14. The average molecular weight is 239 g/mol. The summed E-state index contributed by atoms with van der Waals surface area (Å²) in [5.41, 5.74) is 0.470. The molecule has 2 N–H and O–H groups in total. The first-order chi connectivity index (χ1) is 8.19. The number of aliphatic hydroxyl groups is 1. The van der Waals surface area contributed by atoms with Gasteiger partial charge in [-0.15, -0.1) is 0 Å². The van der Waals surface area contributed by atoms with Crippen molar-refractivity contribution in [1.29, 1.82) is 0 Å². The molecule has 0 aliphatic heterocycles. The maximum Gasteiger partial charge on any atom is 0.258 e. The summed E-state index contributed by atoms with van der Waals surface area (Å²) in [6.45, 7) is -0.411. The number of ether oxygens (including phenoxy) is 1. The third kappa shape index (κ3) is 3.42. The van der Waals surface area contributed by atoms with E-state index >= 15 is 0 Å². The number of carbonyl (C=O) groups is 1. The van der Waals surface area contributed by atoms with Gasteiger partial charge in [0.15, 0.2) is 18.2 Å². The fourth-order valence-corrected chi connectivity index (χ4v) is 1.40. The smallest absolute Gasteiger partial charge is 0.258 e. The van der Waals surface area contributed by atoms with Crippen molar-refractivity contribution in [3.8, 4) is 5.75 Å². The molecular weight excluding hydrogens is 225 g/mol. The molecule has 0 heterocycles. The largest absolute Gasteiger partial charge is 0.481 e. The molecule has 0 bridgehead atoms. The van der Waals surface area contributed by atoms with Crippen molar-refractivity contribution in [2.24, 2.45) is 0 Å². The molecule has 1 saturated carbocycles. The van der Waals surface area contributed by atoms with Crippen molar-refractivity contribution in [2.75, 3.05) is 6.61 Å². The van der Waals surface area contributed by atoms with Crippen LogP contribution in [0, 0.1) is 5.82 Å². The summed E-state index contributed by atoms with van der Waals surface area (Å²) in [4.78, 5) is 11.3. The number of benzene rings is 1. The highest BCUT2D eigenvalue weighted by molar-refractivity contribution is 5.78. The van der Waals surface area contributed by atoms with E-state index in [0.717, 1.165) is 12.8 Å². The first-order valence-electron chi connectivity index (χ1n) is 5.50. The molecule has 1 fully saturated rings. The minimum atomic E-state index is -0.573. The van der Waals surface area contributed by atoms with Crippen LogP contribution < -0.4 is 10.1 Å². The molecule has 0 spiro atoms. The predicted octanol–water partition coefficient (Wildman–Crippen LogP) is 0.975. The Bertz CT molecular complexity index is 418. The van der Waals surface area contributed by atoms with Crippen LogP contribution in [0.4, 0.5) is 4.39 Å². The SMILES string of the molecule is O=C(COc1ccc(CO)cc1F)NC1CC1. The van der Waals surface area contributed by atoms with Crippen molar-refractivity contribution < 1.29 is 19.0 Å². The predicted molar refractivity (Wildman–Crippen MR) is 59.0 cm³/mol. The average Bonchev–Trinajstić information content (AvgIpc) is 3.11. The summed E-state index contributed by atoms with van der Waals surface area (Å²) in [6, 6.07) is 4.42. The van der Waals surface area contributed by atoms with E-state index in [0.29, 0.717) is 5.56 Å². The van der Waals surface area contributed by atoms with E-state index in [1.165, 1.54) is 12.1 Å². The third-order valence-corrected chi connectivity index (χ3v) is 2.48. The maximum atomic E-state index is 13.4. The number of aliphatic hydroxyl groups excluding tert-OH is 1. The molecule has 5 heteroatoms. The van der Waals surface area contributed by atoms with Gasteiger partial charge >= 0.3 is 0 Å². The fraction of sp³-hybridized carbons (Fsp3) is 0.417. The van der Waals surface area contributed by atoms with Crippen LogP contribution in [-0.2, 0) is 11.4 Å². The van der Waals surface area contributed by atoms with E-state index in [1.54, 1.807) is 6.07 Å². The lowest BCUT2D eigenvalue weighted by Crippen LogP contribution is -2.30. The molecular formula is C12H14FNO3. The first kappa shape index (κ1) is 11.9. The number of halogens is 1. The molecule has 0 saturated heterocycles. The minimum Gasteiger partial charge on any atom is -0.481 e. The van der Waals surface area contributed by atoms with Crippen molar-refractivity contribution in [3.63, 3.8) is 0 Å². The molecule has 1 aliphatic rings. The zero-order valence-corrected chi connectivity index (χ0v) is 9.28. The molecule has 0 aromatic heterocycles. The van der Waals surface area contributed by atoms with Gasteiger partial charge in [0.1, 0.15) is 0 Å². The van der Waals surface area contributed by atoms with Gasteiger partial charge in [0.05, 0.1) is 6.61 Å². The Hall–Kier alpha value is -1.62. The van der Waals surface area contributed by atoms with Crippen molar-refractivity contribution in [3.05, 3.63) is 29.6 Å². The van der Waals surface area contributed by atoms with Gasteiger partial charge < -0.3 is 15.2 Å². The standard InChI is InChI=1S/C12H14FNO3/c13-10-5-8(6-15)1-4-11(10)17-7-12(16)14-9-2-3-9/h1,4-5,9,15H,2-3,6-7H2,(H,14,16). The molecule has 92 valence electrons. The van der Waals surface area contributed by atoms with Crippen LogP contribution in [0.5, 0.6) is 5.75 Å². The number of hydrogen-bond acceptors (Lipinski definition) is 3. The monoisotopic (exact) mass is 239 g/mol. The Morgan fingerprint density at radius 3 is 2.88 bits per heavy atom. The summed E-state index contributed by atoms with van der Waals surface area (Å²) < 4.78 is 18.5. The van der Waals surface area contributed by atoms with Crippen molar-refractivity contribution in [1.82, 2.24) is 5.32 Å². The topological polar surface area (TPSA) is 58.6 Å². The minimum absolute atomic E-state index is 0.0214. The van der Waals surface area contributed by atoms with Crippen LogP contribution >= 0.6 is 0 Å². The van der Waals surface area contributed by atoms with Gasteiger partial charge in [-0.2, -0.15) is 0 Å². The van der Waals surface area contributed by atoms with Crippen LogP contribution in [-0.4, -0.2) is 23.7 Å². The summed E-state index contributed by atoms with van der Waals surface area (Å²) in [5.74, 6) is -0.790. The molecule has 17 heavy (non-hydrogen) atoms. The molecule has 1 aromatic rings. The Labute approximate surface area is 98.4 Å². The number of carbonyl (C=O) groups excluding carboxylic acids is 1. The molecule has 1 aliphatic carbocycles. The Balaban J connectivity index is 1.87. The molecule has 2 rings (SSSR count). The first-order valence-corrected chi connectivity index (χ1v) is 5.50. The molecule has 0 atom stereocenters. The second-order valence-corrected chi connectivity index (χ2v) is 4.05. The van der Waals surface area contributed by atoms with Crippen LogP contribution in [0.15, 0.2) is 18.2 Å². The highest BCUT2D eigenvalue weighted by Gasteiger charge is 2.23.